The Kier molecular flexibility index (Phi) is 47.1. The first-order valence-corrected chi connectivity index (χ1v) is 32.3. The summed E-state index contributed by atoms with van der Waals surface area (Å²) in [6, 6.07) is 0. The second-order valence-electron chi connectivity index (χ2n) is 21.9. The minimum atomic E-state index is -5.12. The molecule has 1 aliphatic carbocycles. The normalized spacial score (nSPS) is 20.3. The van der Waals surface area contributed by atoms with Gasteiger partial charge in [-0.15, -0.1) is 0 Å². The lowest BCUT2D eigenvalue weighted by Gasteiger charge is -2.41. The van der Waals surface area contributed by atoms with Crippen molar-refractivity contribution in [3.8, 4) is 0 Å². The first-order chi connectivity index (χ1) is 35.4. The van der Waals surface area contributed by atoms with Gasteiger partial charge in [0.2, 0.25) is 0 Å². The standard InChI is InChI=1S/C59H115O13P/c1-3-5-7-9-11-13-15-17-19-21-23-25-26-27-28-30-32-34-36-38-40-42-44-46-48-53(61)71-51(50-70-73(67,68)72-59-57(65)55(63)54(62)56(64)58(59)66)49-69-52(60)47-45-43-41-39-37-35-33-31-29-24-22-20-18-16-14-12-10-8-6-4-2/h51,54-59,62-66H,3-50H2,1-2H3,(H,67,68). The van der Waals surface area contributed by atoms with E-state index in [4.69, 9.17) is 18.5 Å². The van der Waals surface area contributed by atoms with E-state index in [1.165, 1.54) is 231 Å². The van der Waals surface area contributed by atoms with E-state index in [0.29, 0.717) is 12.8 Å². The van der Waals surface area contributed by atoms with Gasteiger partial charge in [0.1, 0.15) is 43.2 Å². The molecule has 0 spiro atoms. The zero-order chi connectivity index (χ0) is 53.5. The summed E-state index contributed by atoms with van der Waals surface area (Å²) in [6.45, 7) is 3.39. The Balaban J connectivity index is 2.28. The lowest BCUT2D eigenvalue weighted by Crippen LogP contribution is -2.64. The Hall–Kier alpha value is -1.15. The molecule has 1 saturated carbocycles. The zero-order valence-corrected chi connectivity index (χ0v) is 47.9. The second kappa shape index (κ2) is 49.2. The van der Waals surface area contributed by atoms with E-state index in [0.717, 1.165) is 38.5 Å². The summed E-state index contributed by atoms with van der Waals surface area (Å²) in [5, 5.41) is 50.4. The lowest BCUT2D eigenvalue weighted by molar-refractivity contribution is -0.220. The molecule has 14 heteroatoms. The molecule has 13 nitrogen and oxygen atoms in total. The number of ether oxygens (including phenoxy) is 2. The average molecular weight is 1060 g/mol. The molecule has 0 aromatic carbocycles. The predicted molar refractivity (Wildman–Crippen MR) is 295 cm³/mol. The Bertz CT molecular complexity index is 1270. The van der Waals surface area contributed by atoms with E-state index in [9.17, 15) is 44.6 Å². The van der Waals surface area contributed by atoms with Crippen LogP contribution >= 0.6 is 7.82 Å². The van der Waals surface area contributed by atoms with Gasteiger partial charge in [-0.25, -0.2) is 4.57 Å². The predicted octanol–water partition coefficient (Wildman–Crippen LogP) is 14.7. The Morgan fingerprint density at radius 1 is 0.370 bits per heavy atom. The SMILES string of the molecule is CCCCCCCCCCCCCCCCCCCCCCCCCCC(=O)OC(COC(=O)CCCCCCCCCCCCCCCCCCCCCC)COP(=O)(O)OC1C(O)C(O)C(O)C(O)C1O. The number of carbonyl (C=O) groups is 2. The summed E-state index contributed by atoms with van der Waals surface area (Å²) in [6.07, 6.45) is 43.0. The maximum Gasteiger partial charge on any atom is 0.472 e. The number of rotatable bonds is 54. The fraction of sp³-hybridized carbons (Fsp3) is 0.966. The van der Waals surface area contributed by atoms with E-state index in [1.807, 2.05) is 0 Å². The topological polar surface area (TPSA) is 210 Å². The molecule has 1 rings (SSSR count). The molecule has 0 radical (unpaired) electrons. The maximum atomic E-state index is 12.9. The third-order valence-electron chi connectivity index (χ3n) is 14.9. The minimum absolute atomic E-state index is 0.106. The van der Waals surface area contributed by atoms with Crippen molar-refractivity contribution < 1.29 is 63.1 Å². The van der Waals surface area contributed by atoms with Gasteiger partial charge in [0, 0.05) is 12.8 Å². The first-order valence-electron chi connectivity index (χ1n) is 30.8. The molecule has 0 amide bonds. The number of phosphoric ester groups is 1. The molecule has 0 bridgehead atoms. The van der Waals surface area contributed by atoms with Gasteiger partial charge in [-0.3, -0.25) is 18.6 Å². The lowest BCUT2D eigenvalue weighted by atomic mass is 9.85. The van der Waals surface area contributed by atoms with E-state index in [1.54, 1.807) is 0 Å². The first kappa shape index (κ1) is 69.9. The Labute approximate surface area is 446 Å². The molecule has 6 N–H and O–H groups in total. The number of esters is 2. The van der Waals surface area contributed by atoms with Crippen LogP contribution in [-0.4, -0.2) is 98.3 Å². The van der Waals surface area contributed by atoms with Gasteiger partial charge >= 0.3 is 19.8 Å². The summed E-state index contributed by atoms with van der Waals surface area (Å²) < 4.78 is 33.8. The van der Waals surface area contributed by atoms with Crippen LogP contribution in [-0.2, 0) is 32.7 Å². The van der Waals surface area contributed by atoms with Crippen LogP contribution in [0.25, 0.3) is 0 Å². The van der Waals surface area contributed by atoms with E-state index in [2.05, 4.69) is 13.8 Å². The minimum Gasteiger partial charge on any atom is -0.462 e. The summed E-state index contributed by atoms with van der Waals surface area (Å²) >= 11 is 0. The van der Waals surface area contributed by atoms with Crippen molar-refractivity contribution in [1.82, 2.24) is 0 Å². The van der Waals surface area contributed by atoms with Crippen LogP contribution in [0.2, 0.25) is 0 Å². The number of aliphatic hydroxyl groups excluding tert-OH is 5. The van der Waals surface area contributed by atoms with Gasteiger partial charge < -0.3 is 39.9 Å². The third kappa shape index (κ3) is 40.7. The van der Waals surface area contributed by atoms with Gasteiger partial charge in [-0.2, -0.15) is 0 Å². The number of unbranched alkanes of at least 4 members (excludes halogenated alkanes) is 42. The van der Waals surface area contributed by atoms with Crippen LogP contribution in [0.1, 0.15) is 309 Å². The molecule has 1 aliphatic rings. The quantitative estimate of drug-likeness (QED) is 0.0191. The number of phosphoric acid groups is 1. The van der Waals surface area contributed by atoms with Crippen LogP contribution in [0.5, 0.6) is 0 Å². The number of hydrogen-bond donors (Lipinski definition) is 6. The van der Waals surface area contributed by atoms with Crippen LogP contribution in [0.4, 0.5) is 0 Å². The Morgan fingerprint density at radius 3 is 0.904 bits per heavy atom. The highest BCUT2D eigenvalue weighted by Crippen LogP contribution is 2.47. The number of hydrogen-bond acceptors (Lipinski definition) is 12. The van der Waals surface area contributed by atoms with E-state index < -0.39 is 75.7 Å². The summed E-state index contributed by atoms with van der Waals surface area (Å²) in [5.74, 6) is -1.07. The van der Waals surface area contributed by atoms with Crippen molar-refractivity contribution in [3.05, 3.63) is 0 Å². The van der Waals surface area contributed by atoms with Crippen molar-refractivity contribution in [2.24, 2.45) is 0 Å². The smallest absolute Gasteiger partial charge is 0.462 e. The monoisotopic (exact) mass is 1060 g/mol. The summed E-state index contributed by atoms with van der Waals surface area (Å²) in [4.78, 5) is 36.0. The zero-order valence-electron chi connectivity index (χ0n) is 47.0. The highest BCUT2D eigenvalue weighted by molar-refractivity contribution is 7.47. The van der Waals surface area contributed by atoms with Crippen LogP contribution in [0.3, 0.4) is 0 Å². The summed E-state index contributed by atoms with van der Waals surface area (Å²) in [7, 11) is -5.12. The molecule has 73 heavy (non-hydrogen) atoms. The second-order valence-corrected chi connectivity index (χ2v) is 23.3. The van der Waals surface area contributed by atoms with Crippen LogP contribution in [0.15, 0.2) is 0 Å². The third-order valence-corrected chi connectivity index (χ3v) is 15.9. The van der Waals surface area contributed by atoms with Crippen molar-refractivity contribution >= 4 is 19.8 Å². The molecule has 0 saturated heterocycles. The van der Waals surface area contributed by atoms with Gasteiger partial charge in [0.25, 0.3) is 0 Å². The maximum absolute atomic E-state index is 12.9. The fourth-order valence-corrected chi connectivity index (χ4v) is 11.0. The number of carbonyl (C=O) groups excluding carboxylic acids is 2. The van der Waals surface area contributed by atoms with E-state index in [-0.39, 0.29) is 12.8 Å². The average Bonchev–Trinajstić information content (AvgIpc) is 3.37. The van der Waals surface area contributed by atoms with Gasteiger partial charge in [0.05, 0.1) is 6.61 Å². The van der Waals surface area contributed by atoms with Gasteiger partial charge in [-0.05, 0) is 12.8 Å². The molecule has 0 heterocycles. The van der Waals surface area contributed by atoms with Crippen molar-refractivity contribution in [1.29, 1.82) is 0 Å². The molecule has 0 aromatic rings. The molecule has 1 fully saturated rings. The van der Waals surface area contributed by atoms with Crippen molar-refractivity contribution in [2.45, 2.75) is 352 Å². The van der Waals surface area contributed by atoms with Crippen molar-refractivity contribution in [3.63, 3.8) is 0 Å². The van der Waals surface area contributed by atoms with E-state index >= 15 is 0 Å². The molecular weight excluding hydrogens is 948 g/mol. The number of aliphatic hydroxyl groups is 5. The van der Waals surface area contributed by atoms with Crippen LogP contribution in [0, 0.1) is 0 Å². The molecule has 0 aliphatic heterocycles. The summed E-state index contributed by atoms with van der Waals surface area (Å²) in [5.41, 5.74) is 0. The van der Waals surface area contributed by atoms with Gasteiger partial charge in [-0.1, -0.05) is 284 Å². The largest absolute Gasteiger partial charge is 0.472 e. The molecule has 0 aromatic heterocycles. The Morgan fingerprint density at radius 2 is 0.616 bits per heavy atom. The molecule has 6 unspecified atom stereocenters. The fourth-order valence-electron chi connectivity index (χ4n) is 10.1. The van der Waals surface area contributed by atoms with Crippen LogP contribution < -0.4 is 0 Å². The highest BCUT2D eigenvalue weighted by Gasteiger charge is 2.51. The van der Waals surface area contributed by atoms with Crippen molar-refractivity contribution in [2.75, 3.05) is 13.2 Å². The molecule has 6 atom stereocenters. The van der Waals surface area contributed by atoms with Gasteiger partial charge in [0.15, 0.2) is 6.10 Å². The highest BCUT2D eigenvalue weighted by atomic mass is 31.2. The molecule has 434 valence electrons. The molecular formula is C59H115O13P.